The summed E-state index contributed by atoms with van der Waals surface area (Å²) in [5.41, 5.74) is 5.12. The molecule has 0 aliphatic carbocycles. The Morgan fingerprint density at radius 1 is 1.50 bits per heavy atom. The molecule has 0 aliphatic rings. The van der Waals surface area contributed by atoms with Gasteiger partial charge >= 0.3 is 0 Å². The molecule has 0 fully saturated rings. The zero-order valence-electron chi connectivity index (χ0n) is 9.91. The molecular weight excluding hydrogens is 208 g/mol. The Hall–Kier alpha value is -1.43. The van der Waals surface area contributed by atoms with Crippen LogP contribution in [0.1, 0.15) is 38.4 Å². The van der Waals surface area contributed by atoms with Gasteiger partial charge in [-0.2, -0.15) is 4.98 Å². The number of carbonyl (C=O) groups is 1. The number of amides is 1. The summed E-state index contributed by atoms with van der Waals surface area (Å²) in [6, 6.07) is 0. The quantitative estimate of drug-likeness (QED) is 0.763. The van der Waals surface area contributed by atoms with Crippen LogP contribution in [0.4, 0.5) is 0 Å². The molecule has 0 aliphatic heterocycles. The van der Waals surface area contributed by atoms with Crippen LogP contribution >= 0.6 is 0 Å². The third kappa shape index (κ3) is 2.79. The molecule has 1 amide bonds. The third-order valence-corrected chi connectivity index (χ3v) is 2.68. The largest absolute Gasteiger partial charge is 0.345 e. The van der Waals surface area contributed by atoms with Crippen molar-refractivity contribution in [3.05, 3.63) is 11.7 Å². The Bertz CT molecular complexity index is 357. The fourth-order valence-corrected chi connectivity index (χ4v) is 1.31. The molecule has 16 heavy (non-hydrogen) atoms. The highest BCUT2D eigenvalue weighted by Gasteiger charge is 2.29. The lowest BCUT2D eigenvalue weighted by Crippen LogP contribution is -2.52. The van der Waals surface area contributed by atoms with Crippen molar-refractivity contribution < 1.29 is 9.32 Å². The summed E-state index contributed by atoms with van der Waals surface area (Å²) in [4.78, 5) is 15.8. The number of nitrogens with two attached hydrogens (primary N) is 1. The minimum Gasteiger partial charge on any atom is -0.345 e. The van der Waals surface area contributed by atoms with Crippen molar-refractivity contribution in [1.29, 1.82) is 0 Å². The van der Waals surface area contributed by atoms with Crippen LogP contribution in [0.5, 0.6) is 0 Å². The van der Waals surface area contributed by atoms with Crippen LogP contribution in [0.25, 0.3) is 0 Å². The second-order valence-electron chi connectivity index (χ2n) is 3.78. The average molecular weight is 226 g/mol. The van der Waals surface area contributed by atoms with Crippen LogP contribution in [-0.2, 0) is 11.3 Å². The first kappa shape index (κ1) is 12.6. The van der Waals surface area contributed by atoms with Crippen molar-refractivity contribution in [3.8, 4) is 0 Å². The van der Waals surface area contributed by atoms with E-state index in [0.29, 0.717) is 24.6 Å². The van der Waals surface area contributed by atoms with Gasteiger partial charge in [0.2, 0.25) is 11.8 Å². The van der Waals surface area contributed by atoms with Crippen LogP contribution in [0.15, 0.2) is 4.52 Å². The van der Waals surface area contributed by atoms with Crippen molar-refractivity contribution in [1.82, 2.24) is 15.5 Å². The predicted octanol–water partition coefficient (Wildman–Crippen LogP) is 0.512. The molecule has 0 aromatic carbocycles. The molecule has 0 spiro atoms. The summed E-state index contributed by atoms with van der Waals surface area (Å²) in [5.74, 6) is 0.753. The summed E-state index contributed by atoms with van der Waals surface area (Å²) < 4.78 is 4.88. The molecule has 6 heteroatoms. The minimum absolute atomic E-state index is 0.187. The SMILES string of the molecule is CCC(N)(CC)C(=O)NCc1nc(C)no1. The normalized spacial score (nSPS) is 11.5. The van der Waals surface area contributed by atoms with E-state index in [1.165, 1.54) is 0 Å². The van der Waals surface area contributed by atoms with E-state index in [1.54, 1.807) is 6.92 Å². The number of nitrogens with one attached hydrogen (secondary N) is 1. The predicted molar refractivity (Wildman–Crippen MR) is 58.4 cm³/mol. The fraction of sp³-hybridized carbons (Fsp3) is 0.700. The molecule has 0 unspecified atom stereocenters. The van der Waals surface area contributed by atoms with Gasteiger partial charge in [-0.1, -0.05) is 19.0 Å². The maximum atomic E-state index is 11.8. The molecule has 0 saturated heterocycles. The Labute approximate surface area is 94.6 Å². The monoisotopic (exact) mass is 226 g/mol. The van der Waals surface area contributed by atoms with Crippen LogP contribution < -0.4 is 11.1 Å². The van der Waals surface area contributed by atoms with E-state index in [-0.39, 0.29) is 12.5 Å². The van der Waals surface area contributed by atoms with Crippen LogP contribution in [0, 0.1) is 6.92 Å². The summed E-state index contributed by atoms with van der Waals surface area (Å²) in [5, 5.41) is 6.32. The molecule has 1 heterocycles. The smallest absolute Gasteiger partial charge is 0.246 e. The van der Waals surface area contributed by atoms with Crippen molar-refractivity contribution >= 4 is 5.91 Å². The second kappa shape index (κ2) is 5.07. The van der Waals surface area contributed by atoms with Gasteiger partial charge < -0.3 is 15.6 Å². The summed E-state index contributed by atoms with van der Waals surface area (Å²) in [6.07, 6.45) is 1.19. The van der Waals surface area contributed by atoms with Gasteiger partial charge in [-0.3, -0.25) is 4.79 Å². The molecule has 90 valence electrons. The van der Waals surface area contributed by atoms with E-state index >= 15 is 0 Å². The van der Waals surface area contributed by atoms with E-state index in [1.807, 2.05) is 13.8 Å². The Balaban J connectivity index is 2.52. The third-order valence-electron chi connectivity index (χ3n) is 2.68. The van der Waals surface area contributed by atoms with Gasteiger partial charge in [0.25, 0.3) is 0 Å². The maximum Gasteiger partial charge on any atom is 0.246 e. The zero-order chi connectivity index (χ0) is 12.2. The zero-order valence-corrected chi connectivity index (χ0v) is 9.91. The topological polar surface area (TPSA) is 94.0 Å². The summed E-state index contributed by atoms with van der Waals surface area (Å²) >= 11 is 0. The summed E-state index contributed by atoms with van der Waals surface area (Å²) in [6.45, 7) is 5.72. The molecule has 0 bridgehead atoms. The Morgan fingerprint density at radius 3 is 2.56 bits per heavy atom. The van der Waals surface area contributed by atoms with Gasteiger partial charge in [0.1, 0.15) is 0 Å². The Kier molecular flexibility index (Phi) is 4.00. The number of aryl methyl sites for hydroxylation is 1. The minimum atomic E-state index is -0.810. The van der Waals surface area contributed by atoms with Gasteiger partial charge in [0.05, 0.1) is 12.1 Å². The molecule has 0 radical (unpaired) electrons. The second-order valence-corrected chi connectivity index (χ2v) is 3.78. The first-order valence-corrected chi connectivity index (χ1v) is 5.38. The summed E-state index contributed by atoms with van der Waals surface area (Å²) in [7, 11) is 0. The van der Waals surface area contributed by atoms with E-state index in [0.717, 1.165) is 0 Å². The highest BCUT2D eigenvalue weighted by atomic mass is 16.5. The first-order valence-electron chi connectivity index (χ1n) is 5.38. The number of nitrogens with zero attached hydrogens (tertiary/aromatic N) is 2. The van der Waals surface area contributed by atoms with E-state index in [9.17, 15) is 4.79 Å². The molecule has 0 atom stereocenters. The Morgan fingerprint density at radius 2 is 2.12 bits per heavy atom. The van der Waals surface area contributed by atoms with E-state index in [4.69, 9.17) is 10.3 Å². The fourth-order valence-electron chi connectivity index (χ4n) is 1.31. The molecule has 1 rings (SSSR count). The van der Waals surface area contributed by atoms with Gasteiger partial charge in [0, 0.05) is 0 Å². The van der Waals surface area contributed by atoms with Crippen LogP contribution in [0.2, 0.25) is 0 Å². The van der Waals surface area contributed by atoms with E-state index < -0.39 is 5.54 Å². The number of aromatic nitrogens is 2. The molecule has 1 aromatic heterocycles. The number of rotatable bonds is 5. The maximum absolute atomic E-state index is 11.8. The lowest BCUT2D eigenvalue weighted by molar-refractivity contribution is -0.126. The lowest BCUT2D eigenvalue weighted by atomic mass is 9.93. The molecular formula is C10H18N4O2. The molecule has 1 aromatic rings. The van der Waals surface area contributed by atoms with Crippen LogP contribution in [0.3, 0.4) is 0 Å². The molecule has 0 saturated carbocycles. The van der Waals surface area contributed by atoms with Crippen molar-refractivity contribution in [3.63, 3.8) is 0 Å². The standard InChI is InChI=1S/C10H18N4O2/c1-4-10(11,5-2)9(15)12-6-8-13-7(3)14-16-8/h4-6,11H2,1-3H3,(H,12,15). The van der Waals surface area contributed by atoms with Crippen molar-refractivity contribution in [2.45, 2.75) is 45.7 Å². The first-order chi connectivity index (χ1) is 7.51. The number of hydrogen-bond donors (Lipinski definition) is 2. The highest BCUT2D eigenvalue weighted by Crippen LogP contribution is 2.11. The van der Waals surface area contributed by atoms with Gasteiger partial charge in [0.15, 0.2) is 5.82 Å². The molecule has 6 nitrogen and oxygen atoms in total. The van der Waals surface area contributed by atoms with Crippen molar-refractivity contribution in [2.24, 2.45) is 5.73 Å². The number of hydrogen-bond acceptors (Lipinski definition) is 5. The van der Waals surface area contributed by atoms with E-state index in [2.05, 4.69) is 15.5 Å². The van der Waals surface area contributed by atoms with Crippen LogP contribution in [-0.4, -0.2) is 21.6 Å². The average Bonchev–Trinajstić information content (AvgIpc) is 2.70. The van der Waals surface area contributed by atoms with Gasteiger partial charge in [-0.25, -0.2) is 0 Å². The van der Waals surface area contributed by atoms with Gasteiger partial charge in [-0.15, -0.1) is 0 Å². The number of carbonyl (C=O) groups excluding carboxylic acids is 1. The lowest BCUT2D eigenvalue weighted by Gasteiger charge is -2.24. The van der Waals surface area contributed by atoms with Crippen molar-refractivity contribution in [2.75, 3.05) is 0 Å². The molecule has 3 N–H and O–H groups in total. The highest BCUT2D eigenvalue weighted by molar-refractivity contribution is 5.85. The van der Waals surface area contributed by atoms with Gasteiger partial charge in [-0.05, 0) is 19.8 Å².